The maximum Gasteiger partial charge on any atom is 0.180 e. The lowest BCUT2D eigenvalue weighted by Gasteiger charge is -2.15. The molecule has 1 saturated heterocycles. The van der Waals surface area contributed by atoms with Crippen molar-refractivity contribution in [1.82, 2.24) is 4.90 Å². The van der Waals surface area contributed by atoms with Crippen molar-refractivity contribution in [2.45, 2.75) is 19.1 Å². The van der Waals surface area contributed by atoms with E-state index in [-0.39, 0.29) is 0 Å². The third-order valence-corrected chi connectivity index (χ3v) is 4.58. The fourth-order valence-electron chi connectivity index (χ4n) is 2.27. The summed E-state index contributed by atoms with van der Waals surface area (Å²) in [6, 6.07) is 7.60. The molecule has 0 spiro atoms. The van der Waals surface area contributed by atoms with Crippen LogP contribution in [0.25, 0.3) is 6.08 Å². The van der Waals surface area contributed by atoms with Gasteiger partial charge in [-0.05, 0) is 36.6 Å². The van der Waals surface area contributed by atoms with Crippen molar-refractivity contribution in [2.75, 3.05) is 13.1 Å². The Hall–Kier alpha value is -0.970. The van der Waals surface area contributed by atoms with Gasteiger partial charge in [0.1, 0.15) is 0 Å². The first-order valence-electron chi connectivity index (χ1n) is 6.38. The number of halogens is 1. The van der Waals surface area contributed by atoms with Crippen LogP contribution in [-0.4, -0.2) is 34.5 Å². The van der Waals surface area contributed by atoms with Gasteiger partial charge < -0.3 is 10.0 Å². The number of aliphatic imine (C=N–C) groups is 1. The normalized spacial score (nSPS) is 25.2. The molecule has 5 heteroatoms. The summed E-state index contributed by atoms with van der Waals surface area (Å²) in [7, 11) is 0. The Balaban J connectivity index is 1.77. The first-order valence-corrected chi connectivity index (χ1v) is 7.58. The Kier molecular flexibility index (Phi) is 3.82. The van der Waals surface area contributed by atoms with Crippen molar-refractivity contribution >= 4 is 34.6 Å². The first kappa shape index (κ1) is 13.0. The van der Waals surface area contributed by atoms with Gasteiger partial charge >= 0.3 is 0 Å². The molecule has 2 heterocycles. The summed E-state index contributed by atoms with van der Waals surface area (Å²) in [5.74, 6) is 0. The second-order valence-electron chi connectivity index (χ2n) is 4.68. The van der Waals surface area contributed by atoms with Crippen LogP contribution in [0.3, 0.4) is 0 Å². The number of nitrogens with zero attached hydrogens (tertiary/aromatic N) is 2. The molecular weight excluding hydrogens is 280 g/mol. The van der Waals surface area contributed by atoms with Crippen LogP contribution >= 0.6 is 23.4 Å². The van der Waals surface area contributed by atoms with Crippen molar-refractivity contribution in [3.63, 3.8) is 0 Å². The highest BCUT2D eigenvalue weighted by Crippen LogP contribution is 2.34. The van der Waals surface area contributed by atoms with E-state index in [4.69, 9.17) is 11.6 Å². The standard InChI is InChI=1S/C14H15ClN2OS/c15-11-5-3-4-10(8-11)9-12-13(18)16-14(19-12)17-6-1-2-7-17/h3-5,8-9,13,18H,1-2,6-7H2. The molecule has 3 nitrogen and oxygen atoms in total. The summed E-state index contributed by atoms with van der Waals surface area (Å²) >= 11 is 7.52. The van der Waals surface area contributed by atoms with Crippen LogP contribution in [0.2, 0.25) is 5.02 Å². The molecule has 0 radical (unpaired) electrons. The molecule has 0 aromatic heterocycles. The summed E-state index contributed by atoms with van der Waals surface area (Å²) in [5, 5.41) is 11.7. The van der Waals surface area contributed by atoms with Gasteiger partial charge in [-0.2, -0.15) is 0 Å². The van der Waals surface area contributed by atoms with Gasteiger partial charge in [0.2, 0.25) is 0 Å². The summed E-state index contributed by atoms with van der Waals surface area (Å²) in [6.45, 7) is 2.09. The van der Waals surface area contributed by atoms with Crippen molar-refractivity contribution in [3.05, 3.63) is 39.8 Å². The molecule has 1 N–H and O–H groups in total. The Morgan fingerprint density at radius 2 is 2.16 bits per heavy atom. The van der Waals surface area contributed by atoms with Gasteiger partial charge in [0, 0.05) is 23.0 Å². The minimum atomic E-state index is -0.736. The molecule has 100 valence electrons. The average molecular weight is 295 g/mol. The number of rotatable bonds is 1. The maximum absolute atomic E-state index is 10.0. The van der Waals surface area contributed by atoms with E-state index in [1.807, 2.05) is 30.3 Å². The van der Waals surface area contributed by atoms with Crippen LogP contribution in [-0.2, 0) is 0 Å². The minimum absolute atomic E-state index is 0.701. The highest BCUT2D eigenvalue weighted by atomic mass is 35.5. The van der Waals surface area contributed by atoms with Crippen molar-refractivity contribution in [1.29, 1.82) is 0 Å². The van der Waals surface area contributed by atoms with Gasteiger partial charge in [-0.3, -0.25) is 0 Å². The third-order valence-electron chi connectivity index (χ3n) is 3.23. The molecule has 0 aliphatic carbocycles. The molecule has 2 aliphatic rings. The van der Waals surface area contributed by atoms with Gasteiger partial charge in [-0.15, -0.1) is 0 Å². The SMILES string of the molecule is OC1N=C(N2CCCC2)SC1=Cc1cccc(Cl)c1. The topological polar surface area (TPSA) is 35.8 Å². The molecule has 1 aromatic carbocycles. The lowest BCUT2D eigenvalue weighted by atomic mass is 10.2. The number of amidine groups is 1. The smallest absolute Gasteiger partial charge is 0.180 e. The summed E-state index contributed by atoms with van der Waals surface area (Å²) in [5.41, 5.74) is 0.993. The molecule has 1 atom stereocenters. The lowest BCUT2D eigenvalue weighted by molar-refractivity contribution is 0.232. The van der Waals surface area contributed by atoms with Crippen LogP contribution in [0.4, 0.5) is 0 Å². The predicted octanol–water partition coefficient (Wildman–Crippen LogP) is 3.20. The zero-order chi connectivity index (χ0) is 13.2. The largest absolute Gasteiger partial charge is 0.367 e. The van der Waals surface area contributed by atoms with E-state index in [1.165, 1.54) is 12.8 Å². The van der Waals surface area contributed by atoms with Crippen LogP contribution in [0.15, 0.2) is 34.2 Å². The van der Waals surface area contributed by atoms with E-state index < -0.39 is 6.23 Å². The quantitative estimate of drug-likeness (QED) is 0.864. The summed E-state index contributed by atoms with van der Waals surface area (Å²) in [4.78, 5) is 7.44. The second kappa shape index (κ2) is 5.57. The molecule has 0 bridgehead atoms. The Labute approximate surface area is 122 Å². The van der Waals surface area contributed by atoms with E-state index in [0.717, 1.165) is 28.7 Å². The summed E-state index contributed by atoms with van der Waals surface area (Å²) < 4.78 is 0. The van der Waals surface area contributed by atoms with Crippen molar-refractivity contribution in [2.24, 2.45) is 4.99 Å². The molecule has 2 aliphatic heterocycles. The van der Waals surface area contributed by atoms with Crippen LogP contribution in [0, 0.1) is 0 Å². The van der Waals surface area contributed by atoms with E-state index in [9.17, 15) is 5.11 Å². The Morgan fingerprint density at radius 1 is 1.37 bits per heavy atom. The van der Waals surface area contributed by atoms with Crippen LogP contribution in [0.5, 0.6) is 0 Å². The van der Waals surface area contributed by atoms with E-state index in [2.05, 4.69) is 9.89 Å². The van der Waals surface area contributed by atoms with Crippen molar-refractivity contribution < 1.29 is 5.11 Å². The van der Waals surface area contributed by atoms with Crippen LogP contribution in [0.1, 0.15) is 18.4 Å². The van der Waals surface area contributed by atoms with E-state index >= 15 is 0 Å². The molecule has 1 unspecified atom stereocenters. The number of hydrogen-bond acceptors (Lipinski definition) is 4. The number of thioether (sulfide) groups is 1. The van der Waals surface area contributed by atoms with Gasteiger partial charge in [-0.25, -0.2) is 4.99 Å². The fraction of sp³-hybridized carbons (Fsp3) is 0.357. The zero-order valence-corrected chi connectivity index (χ0v) is 12.0. The van der Waals surface area contributed by atoms with Gasteiger partial charge in [0.05, 0.1) is 0 Å². The number of aliphatic hydroxyl groups is 1. The number of benzene rings is 1. The Bertz CT molecular complexity index is 538. The van der Waals surface area contributed by atoms with Crippen LogP contribution < -0.4 is 0 Å². The van der Waals surface area contributed by atoms with Gasteiger partial charge in [-0.1, -0.05) is 35.5 Å². The molecule has 1 aromatic rings. The van der Waals surface area contributed by atoms with E-state index in [0.29, 0.717) is 5.02 Å². The predicted molar refractivity (Wildman–Crippen MR) is 81.3 cm³/mol. The Morgan fingerprint density at radius 3 is 2.89 bits per heavy atom. The van der Waals surface area contributed by atoms with Crippen molar-refractivity contribution in [3.8, 4) is 0 Å². The average Bonchev–Trinajstić information content (AvgIpc) is 3.00. The molecule has 0 saturated carbocycles. The summed E-state index contributed by atoms with van der Waals surface area (Å²) in [6.07, 6.45) is 3.64. The van der Waals surface area contributed by atoms with Gasteiger partial charge in [0.15, 0.2) is 11.4 Å². The highest BCUT2D eigenvalue weighted by molar-refractivity contribution is 8.17. The minimum Gasteiger partial charge on any atom is -0.367 e. The number of likely N-dealkylation sites (tertiary alicyclic amines) is 1. The second-order valence-corrected chi connectivity index (χ2v) is 6.16. The first-order chi connectivity index (χ1) is 9.22. The van der Waals surface area contributed by atoms with Gasteiger partial charge in [0.25, 0.3) is 0 Å². The fourth-order valence-corrected chi connectivity index (χ4v) is 3.50. The number of hydrogen-bond donors (Lipinski definition) is 1. The third kappa shape index (κ3) is 2.96. The highest BCUT2D eigenvalue weighted by Gasteiger charge is 2.27. The maximum atomic E-state index is 10.0. The molecule has 0 amide bonds. The monoisotopic (exact) mass is 294 g/mol. The molecular formula is C14H15ClN2OS. The molecule has 19 heavy (non-hydrogen) atoms. The molecule has 1 fully saturated rings. The number of aliphatic hydroxyl groups excluding tert-OH is 1. The molecule has 3 rings (SSSR count). The lowest BCUT2D eigenvalue weighted by Crippen LogP contribution is -2.23. The van der Waals surface area contributed by atoms with E-state index in [1.54, 1.807) is 11.8 Å². The zero-order valence-electron chi connectivity index (χ0n) is 10.4.